The molecule has 0 aliphatic carbocycles. The highest BCUT2D eigenvalue weighted by molar-refractivity contribution is 5.75. The normalized spacial score (nSPS) is 31.5. The van der Waals surface area contributed by atoms with Gasteiger partial charge >= 0.3 is 5.97 Å². The summed E-state index contributed by atoms with van der Waals surface area (Å²) in [6.45, 7) is 5.67. The molecule has 0 aromatic heterocycles. The molecule has 2 N–H and O–H groups in total. The Morgan fingerprint density at radius 1 is 1.46 bits per heavy atom. The number of hydrogen-bond donors (Lipinski definition) is 2. The lowest BCUT2D eigenvalue weighted by Gasteiger charge is -2.46. The zero-order chi connectivity index (χ0) is 17.7. The predicted octanol–water partition coefficient (Wildman–Crippen LogP) is 1.57. The van der Waals surface area contributed by atoms with E-state index in [4.69, 9.17) is 14.2 Å². The summed E-state index contributed by atoms with van der Waals surface area (Å²) in [5.41, 5.74) is 0.0178. The van der Waals surface area contributed by atoms with Gasteiger partial charge in [-0.3, -0.25) is 10.1 Å². The Balaban J connectivity index is 2.12. The summed E-state index contributed by atoms with van der Waals surface area (Å²) >= 11 is 0. The van der Waals surface area contributed by atoms with E-state index in [9.17, 15) is 9.90 Å². The SMILES string of the molecule is CCOC(=O)[C@H](C)N[C@H]1C[C@@H](O)[C@](C)(c2ccccc2)O[C@@H]1OC. The summed E-state index contributed by atoms with van der Waals surface area (Å²) in [5.74, 6) is -0.335. The summed E-state index contributed by atoms with van der Waals surface area (Å²) in [4.78, 5) is 11.8. The van der Waals surface area contributed by atoms with E-state index in [1.807, 2.05) is 37.3 Å². The third-order valence-corrected chi connectivity index (χ3v) is 4.49. The van der Waals surface area contributed by atoms with Crippen LogP contribution in [0.5, 0.6) is 0 Å². The molecule has 0 amide bonds. The Morgan fingerprint density at radius 3 is 2.71 bits per heavy atom. The molecule has 1 aliphatic heterocycles. The van der Waals surface area contributed by atoms with Crippen molar-refractivity contribution in [3.63, 3.8) is 0 Å². The zero-order valence-electron chi connectivity index (χ0n) is 14.7. The second-order valence-corrected chi connectivity index (χ2v) is 6.19. The minimum atomic E-state index is -0.868. The van der Waals surface area contributed by atoms with E-state index in [-0.39, 0.29) is 12.0 Å². The van der Waals surface area contributed by atoms with E-state index in [1.54, 1.807) is 21.0 Å². The average Bonchev–Trinajstić information content (AvgIpc) is 2.59. The molecule has 1 saturated heterocycles. The minimum absolute atomic E-state index is 0.318. The number of carbonyl (C=O) groups is 1. The maximum atomic E-state index is 11.8. The van der Waals surface area contributed by atoms with E-state index >= 15 is 0 Å². The molecule has 1 heterocycles. The number of carbonyl (C=O) groups excluding carboxylic acids is 1. The second kappa shape index (κ2) is 8.07. The molecule has 0 saturated carbocycles. The molecule has 1 aromatic rings. The first-order valence-corrected chi connectivity index (χ1v) is 8.29. The lowest BCUT2D eigenvalue weighted by Crippen LogP contribution is -2.59. The van der Waals surface area contributed by atoms with Crippen molar-refractivity contribution in [3.8, 4) is 0 Å². The van der Waals surface area contributed by atoms with Crippen LogP contribution in [0.4, 0.5) is 0 Å². The number of nitrogens with one attached hydrogen (secondary N) is 1. The van der Waals surface area contributed by atoms with Crippen molar-refractivity contribution in [2.75, 3.05) is 13.7 Å². The van der Waals surface area contributed by atoms with Gasteiger partial charge in [0.1, 0.15) is 11.6 Å². The van der Waals surface area contributed by atoms with Gasteiger partial charge < -0.3 is 19.3 Å². The van der Waals surface area contributed by atoms with E-state index in [0.717, 1.165) is 5.56 Å². The lowest BCUT2D eigenvalue weighted by molar-refractivity contribution is -0.272. The van der Waals surface area contributed by atoms with E-state index in [2.05, 4.69) is 5.32 Å². The molecule has 1 fully saturated rings. The van der Waals surface area contributed by atoms with Gasteiger partial charge in [0.15, 0.2) is 6.29 Å². The Morgan fingerprint density at radius 2 is 2.12 bits per heavy atom. The van der Waals surface area contributed by atoms with Crippen molar-refractivity contribution in [2.24, 2.45) is 0 Å². The number of esters is 1. The van der Waals surface area contributed by atoms with Gasteiger partial charge in [-0.05, 0) is 32.8 Å². The molecule has 1 aliphatic rings. The molecule has 6 nitrogen and oxygen atoms in total. The van der Waals surface area contributed by atoms with Crippen molar-refractivity contribution >= 4 is 5.97 Å². The Bertz CT molecular complexity index is 537. The molecular formula is C18H27NO5. The molecule has 24 heavy (non-hydrogen) atoms. The van der Waals surface area contributed by atoms with Gasteiger partial charge in [0.25, 0.3) is 0 Å². The summed E-state index contributed by atoms with van der Waals surface area (Å²) in [6, 6.07) is 8.75. The van der Waals surface area contributed by atoms with Gasteiger partial charge in [-0.25, -0.2) is 0 Å². The number of aliphatic hydroxyl groups is 1. The molecule has 0 radical (unpaired) electrons. The maximum absolute atomic E-state index is 11.8. The predicted molar refractivity (Wildman–Crippen MR) is 89.3 cm³/mol. The fourth-order valence-electron chi connectivity index (χ4n) is 3.02. The summed E-state index contributed by atoms with van der Waals surface area (Å²) < 4.78 is 16.6. The molecule has 2 rings (SSSR count). The highest BCUT2D eigenvalue weighted by Crippen LogP contribution is 2.38. The van der Waals surface area contributed by atoms with Crippen LogP contribution in [0.3, 0.4) is 0 Å². The third kappa shape index (κ3) is 3.95. The van der Waals surface area contributed by atoms with Crippen LogP contribution < -0.4 is 5.32 Å². The van der Waals surface area contributed by atoms with Crippen LogP contribution in [0.25, 0.3) is 0 Å². The van der Waals surface area contributed by atoms with Crippen LogP contribution >= 0.6 is 0 Å². The third-order valence-electron chi connectivity index (χ3n) is 4.49. The van der Waals surface area contributed by atoms with Gasteiger partial charge in [-0.1, -0.05) is 30.3 Å². The van der Waals surface area contributed by atoms with Gasteiger partial charge in [-0.15, -0.1) is 0 Å². The minimum Gasteiger partial charge on any atom is -0.465 e. The van der Waals surface area contributed by atoms with Crippen LogP contribution in [-0.2, 0) is 24.6 Å². The number of hydrogen-bond acceptors (Lipinski definition) is 6. The first-order chi connectivity index (χ1) is 11.4. The van der Waals surface area contributed by atoms with Crippen molar-refractivity contribution in [1.82, 2.24) is 5.32 Å². The molecular weight excluding hydrogens is 310 g/mol. The molecule has 5 atom stereocenters. The highest BCUT2D eigenvalue weighted by atomic mass is 16.7. The summed E-state index contributed by atoms with van der Waals surface area (Å²) in [7, 11) is 1.55. The number of aliphatic hydroxyl groups excluding tert-OH is 1. The topological polar surface area (TPSA) is 77.0 Å². The van der Waals surface area contributed by atoms with Crippen LogP contribution in [0.2, 0.25) is 0 Å². The van der Waals surface area contributed by atoms with Crippen molar-refractivity contribution < 1.29 is 24.1 Å². The van der Waals surface area contributed by atoms with Crippen molar-refractivity contribution in [2.45, 2.75) is 57.3 Å². The molecule has 6 heteroatoms. The smallest absolute Gasteiger partial charge is 0.322 e. The molecule has 0 unspecified atom stereocenters. The largest absolute Gasteiger partial charge is 0.465 e. The highest BCUT2D eigenvalue weighted by Gasteiger charge is 2.47. The van der Waals surface area contributed by atoms with Crippen LogP contribution in [-0.4, -0.2) is 49.3 Å². The fraction of sp³-hybridized carbons (Fsp3) is 0.611. The quantitative estimate of drug-likeness (QED) is 0.767. The standard InChI is InChI=1S/C18H27NO5/c1-5-23-16(21)12(2)19-14-11-15(20)18(3,24-17(14)22-4)13-9-7-6-8-10-13/h6-10,12,14-15,17,19-20H,5,11H2,1-4H3/t12-,14-,15+,17-,18-/m0/s1. The van der Waals surface area contributed by atoms with Gasteiger partial charge in [0.2, 0.25) is 0 Å². The summed E-state index contributed by atoms with van der Waals surface area (Å²) in [6.07, 6.45) is -0.929. The van der Waals surface area contributed by atoms with Crippen molar-refractivity contribution in [1.29, 1.82) is 0 Å². The average molecular weight is 337 g/mol. The zero-order valence-corrected chi connectivity index (χ0v) is 14.7. The first kappa shape index (κ1) is 18.9. The Hall–Kier alpha value is -1.47. The molecule has 1 aromatic carbocycles. The fourth-order valence-corrected chi connectivity index (χ4v) is 3.02. The van der Waals surface area contributed by atoms with E-state index < -0.39 is 24.0 Å². The number of methoxy groups -OCH3 is 1. The van der Waals surface area contributed by atoms with Gasteiger partial charge in [0, 0.05) is 7.11 Å². The van der Waals surface area contributed by atoms with Gasteiger partial charge in [-0.2, -0.15) is 0 Å². The van der Waals surface area contributed by atoms with E-state index in [1.165, 1.54) is 0 Å². The number of ether oxygens (including phenoxy) is 3. The first-order valence-electron chi connectivity index (χ1n) is 8.29. The second-order valence-electron chi connectivity index (χ2n) is 6.19. The van der Waals surface area contributed by atoms with Crippen molar-refractivity contribution in [3.05, 3.63) is 35.9 Å². The number of rotatable bonds is 6. The molecule has 0 spiro atoms. The monoisotopic (exact) mass is 337 g/mol. The van der Waals surface area contributed by atoms with Crippen LogP contribution in [0.15, 0.2) is 30.3 Å². The van der Waals surface area contributed by atoms with E-state index in [0.29, 0.717) is 13.0 Å². The molecule has 0 bridgehead atoms. The molecule has 134 valence electrons. The Labute approximate surface area is 143 Å². The summed E-state index contributed by atoms with van der Waals surface area (Å²) in [5, 5.41) is 13.8. The maximum Gasteiger partial charge on any atom is 0.322 e. The van der Waals surface area contributed by atoms with Crippen LogP contribution in [0.1, 0.15) is 32.8 Å². The lowest BCUT2D eigenvalue weighted by atomic mass is 9.83. The van der Waals surface area contributed by atoms with Crippen LogP contribution in [0, 0.1) is 0 Å². The van der Waals surface area contributed by atoms with Gasteiger partial charge in [0.05, 0.1) is 18.8 Å². The Kier molecular flexibility index (Phi) is 6.34. The number of benzene rings is 1.